The zero-order valence-corrected chi connectivity index (χ0v) is 12.4. The van der Waals surface area contributed by atoms with E-state index in [1.165, 1.54) is 0 Å². The molecule has 0 radical (unpaired) electrons. The molecule has 0 amide bonds. The van der Waals surface area contributed by atoms with Crippen LogP contribution < -0.4 is 0 Å². The zero-order chi connectivity index (χ0) is 14.6. The number of ether oxygens (including phenoxy) is 3. The Balaban J connectivity index is 1.81. The molecule has 0 unspecified atom stereocenters. The SMILES string of the molecule is C[C@@H](COCc1ccccc1)[C@H]1OC(C)(C)O[C@@H]1CO. The number of hydrogen-bond donors (Lipinski definition) is 1. The molecule has 112 valence electrons. The predicted octanol–water partition coefficient (Wildman–Crippen LogP) is 2.35. The van der Waals surface area contributed by atoms with Gasteiger partial charge >= 0.3 is 0 Å². The summed E-state index contributed by atoms with van der Waals surface area (Å²) in [5.41, 5.74) is 1.15. The second kappa shape index (κ2) is 6.68. The minimum Gasteiger partial charge on any atom is -0.394 e. The first-order chi connectivity index (χ1) is 9.52. The molecule has 4 nitrogen and oxygen atoms in total. The Kier molecular flexibility index (Phi) is 5.16. The van der Waals surface area contributed by atoms with Crippen molar-refractivity contribution < 1.29 is 19.3 Å². The first-order valence-electron chi connectivity index (χ1n) is 7.10. The molecule has 1 saturated heterocycles. The third-order valence-electron chi connectivity index (χ3n) is 3.45. The van der Waals surface area contributed by atoms with E-state index >= 15 is 0 Å². The van der Waals surface area contributed by atoms with Gasteiger partial charge in [0.25, 0.3) is 0 Å². The van der Waals surface area contributed by atoms with E-state index in [1.807, 2.05) is 44.2 Å². The van der Waals surface area contributed by atoms with E-state index < -0.39 is 5.79 Å². The second-order valence-corrected chi connectivity index (χ2v) is 5.80. The predicted molar refractivity (Wildman–Crippen MR) is 76.2 cm³/mol. The van der Waals surface area contributed by atoms with Gasteiger partial charge in [-0.3, -0.25) is 0 Å². The smallest absolute Gasteiger partial charge is 0.163 e. The van der Waals surface area contributed by atoms with Crippen LogP contribution in [0.2, 0.25) is 0 Å². The van der Waals surface area contributed by atoms with Gasteiger partial charge in [-0.1, -0.05) is 37.3 Å². The van der Waals surface area contributed by atoms with Crippen LogP contribution in [0, 0.1) is 5.92 Å². The van der Waals surface area contributed by atoms with Crippen molar-refractivity contribution in [3.05, 3.63) is 35.9 Å². The molecule has 0 saturated carbocycles. The first-order valence-corrected chi connectivity index (χ1v) is 7.10. The highest BCUT2D eigenvalue weighted by Crippen LogP contribution is 2.32. The molecule has 1 aliphatic heterocycles. The van der Waals surface area contributed by atoms with Gasteiger partial charge in [-0.05, 0) is 19.4 Å². The maximum absolute atomic E-state index is 9.38. The molecule has 1 aromatic carbocycles. The average Bonchev–Trinajstić information content (AvgIpc) is 2.75. The fraction of sp³-hybridized carbons (Fsp3) is 0.625. The Labute approximate surface area is 120 Å². The molecule has 1 aliphatic rings. The van der Waals surface area contributed by atoms with Crippen molar-refractivity contribution in [1.82, 2.24) is 0 Å². The maximum atomic E-state index is 9.38. The van der Waals surface area contributed by atoms with Crippen molar-refractivity contribution in [2.45, 2.75) is 45.4 Å². The van der Waals surface area contributed by atoms with Gasteiger partial charge in [-0.25, -0.2) is 0 Å². The standard InChI is InChI=1S/C16H24O4/c1-12(10-18-11-13-7-5-4-6-8-13)15-14(9-17)19-16(2,3)20-15/h4-8,12,14-15,17H,9-11H2,1-3H3/t12-,14+,15+/m0/s1. The number of benzene rings is 1. The summed E-state index contributed by atoms with van der Waals surface area (Å²) in [6.45, 7) is 6.93. The molecular formula is C16H24O4. The van der Waals surface area contributed by atoms with Crippen LogP contribution in [0.25, 0.3) is 0 Å². The van der Waals surface area contributed by atoms with Crippen molar-refractivity contribution in [2.75, 3.05) is 13.2 Å². The van der Waals surface area contributed by atoms with E-state index in [0.29, 0.717) is 13.2 Å². The average molecular weight is 280 g/mol. The number of aliphatic hydroxyl groups excluding tert-OH is 1. The molecule has 1 N–H and O–H groups in total. The van der Waals surface area contributed by atoms with E-state index in [9.17, 15) is 5.11 Å². The molecule has 0 spiro atoms. The van der Waals surface area contributed by atoms with E-state index in [2.05, 4.69) is 6.92 Å². The molecule has 3 atom stereocenters. The molecule has 0 aliphatic carbocycles. The van der Waals surface area contributed by atoms with Gasteiger partial charge in [-0.15, -0.1) is 0 Å². The zero-order valence-electron chi connectivity index (χ0n) is 12.4. The molecule has 1 aromatic rings. The Morgan fingerprint density at radius 1 is 1.25 bits per heavy atom. The number of rotatable bonds is 6. The molecule has 4 heteroatoms. The third kappa shape index (κ3) is 4.03. The normalized spacial score (nSPS) is 26.6. The second-order valence-electron chi connectivity index (χ2n) is 5.80. The van der Waals surface area contributed by atoms with Crippen molar-refractivity contribution >= 4 is 0 Å². The van der Waals surface area contributed by atoms with Crippen molar-refractivity contribution in [1.29, 1.82) is 0 Å². The fourth-order valence-electron chi connectivity index (χ4n) is 2.52. The lowest BCUT2D eigenvalue weighted by Crippen LogP contribution is -2.34. The van der Waals surface area contributed by atoms with Crippen LogP contribution in [0.5, 0.6) is 0 Å². The summed E-state index contributed by atoms with van der Waals surface area (Å²) in [7, 11) is 0. The monoisotopic (exact) mass is 280 g/mol. The lowest BCUT2D eigenvalue weighted by Gasteiger charge is -2.22. The van der Waals surface area contributed by atoms with Gasteiger partial charge in [0.1, 0.15) is 6.10 Å². The molecule has 2 rings (SSSR count). The van der Waals surface area contributed by atoms with Crippen LogP contribution in [0.4, 0.5) is 0 Å². The Morgan fingerprint density at radius 3 is 2.60 bits per heavy atom. The van der Waals surface area contributed by atoms with Gasteiger partial charge in [0.2, 0.25) is 0 Å². The lowest BCUT2D eigenvalue weighted by atomic mass is 10.0. The van der Waals surface area contributed by atoms with Gasteiger partial charge in [-0.2, -0.15) is 0 Å². The summed E-state index contributed by atoms with van der Waals surface area (Å²) in [5, 5.41) is 9.38. The first kappa shape index (κ1) is 15.4. The van der Waals surface area contributed by atoms with Gasteiger partial charge < -0.3 is 19.3 Å². The van der Waals surface area contributed by atoms with Gasteiger partial charge in [0.05, 0.1) is 25.9 Å². The highest BCUT2D eigenvalue weighted by molar-refractivity contribution is 5.13. The molecule has 20 heavy (non-hydrogen) atoms. The van der Waals surface area contributed by atoms with Crippen molar-refractivity contribution in [3.8, 4) is 0 Å². The summed E-state index contributed by atoms with van der Waals surface area (Å²) >= 11 is 0. The number of aliphatic hydroxyl groups is 1. The van der Waals surface area contributed by atoms with Gasteiger partial charge in [0, 0.05) is 5.92 Å². The van der Waals surface area contributed by atoms with E-state index in [1.54, 1.807) is 0 Å². The van der Waals surface area contributed by atoms with Crippen LogP contribution >= 0.6 is 0 Å². The summed E-state index contributed by atoms with van der Waals surface area (Å²) in [6, 6.07) is 10.1. The molecule has 1 heterocycles. The summed E-state index contributed by atoms with van der Waals surface area (Å²) < 4.78 is 17.3. The summed E-state index contributed by atoms with van der Waals surface area (Å²) in [4.78, 5) is 0. The largest absolute Gasteiger partial charge is 0.394 e. The Hall–Kier alpha value is -0.940. The highest BCUT2D eigenvalue weighted by atomic mass is 16.8. The number of hydrogen-bond acceptors (Lipinski definition) is 4. The van der Waals surface area contributed by atoms with E-state index in [4.69, 9.17) is 14.2 Å². The Morgan fingerprint density at radius 2 is 1.95 bits per heavy atom. The van der Waals surface area contributed by atoms with E-state index in [-0.39, 0.29) is 24.7 Å². The molecular weight excluding hydrogens is 256 g/mol. The van der Waals surface area contributed by atoms with Crippen molar-refractivity contribution in [3.63, 3.8) is 0 Å². The molecule has 1 fully saturated rings. The van der Waals surface area contributed by atoms with Gasteiger partial charge in [0.15, 0.2) is 5.79 Å². The van der Waals surface area contributed by atoms with Crippen LogP contribution in [-0.2, 0) is 20.8 Å². The topological polar surface area (TPSA) is 47.9 Å². The van der Waals surface area contributed by atoms with Crippen LogP contribution in [-0.4, -0.2) is 36.3 Å². The minimum absolute atomic E-state index is 0.0306. The fourth-order valence-corrected chi connectivity index (χ4v) is 2.52. The summed E-state index contributed by atoms with van der Waals surface area (Å²) in [6.07, 6.45) is -0.411. The lowest BCUT2D eigenvalue weighted by molar-refractivity contribution is -0.154. The molecule has 0 bridgehead atoms. The molecule has 0 aromatic heterocycles. The van der Waals surface area contributed by atoms with Crippen molar-refractivity contribution in [2.24, 2.45) is 5.92 Å². The third-order valence-corrected chi connectivity index (χ3v) is 3.45. The van der Waals surface area contributed by atoms with Crippen LogP contribution in [0.3, 0.4) is 0 Å². The summed E-state index contributed by atoms with van der Waals surface area (Å²) in [5.74, 6) is -0.469. The Bertz CT molecular complexity index is 404. The van der Waals surface area contributed by atoms with E-state index in [0.717, 1.165) is 5.56 Å². The quantitative estimate of drug-likeness (QED) is 0.869. The maximum Gasteiger partial charge on any atom is 0.163 e. The highest BCUT2D eigenvalue weighted by Gasteiger charge is 2.43. The minimum atomic E-state index is -0.633. The van der Waals surface area contributed by atoms with Crippen LogP contribution in [0.15, 0.2) is 30.3 Å². The van der Waals surface area contributed by atoms with Crippen LogP contribution in [0.1, 0.15) is 26.3 Å².